The number of nitrogens with two attached hydrogens (primary N) is 3. The highest BCUT2D eigenvalue weighted by molar-refractivity contribution is 7.53. The second-order valence-corrected chi connectivity index (χ2v) is 26.1. The minimum absolute atomic E-state index is 0.0427. The normalized spacial score (nSPS) is 16.4. The number of hydrogen-bond acceptors (Lipinski definition) is 27. The minimum atomic E-state index is -5.35. The second kappa shape index (κ2) is 41.4. The van der Waals surface area contributed by atoms with Crippen molar-refractivity contribution in [2.45, 2.75) is 164 Å². The number of aliphatic hydroxyl groups is 3. The van der Waals surface area contributed by atoms with Crippen molar-refractivity contribution in [2.24, 2.45) is 23.1 Å². The molecule has 0 aromatic heterocycles. The van der Waals surface area contributed by atoms with Crippen LogP contribution >= 0.6 is 16.3 Å². The Kier molecular flexibility index (Phi) is 35.6. The van der Waals surface area contributed by atoms with Crippen LogP contribution in [0, 0.1) is 5.92 Å². The molecule has 0 bridgehead atoms. The molecule has 11 amide bonds. The highest BCUT2D eigenvalue weighted by Gasteiger charge is 2.43. The van der Waals surface area contributed by atoms with Crippen LogP contribution in [0.5, 0.6) is 5.75 Å². The topological polar surface area (TPSA) is 692 Å². The molecule has 41 nitrogen and oxygen atoms in total. The standard InChI is InChI=1S/C57H89N15O26P2/c1-28(2)21-36(66-50(83)37(65-46(79)33(58)25-73)22-30-9-5-4-6-10-30)49(82)64-35(17-18-43(59)76)48(81)63-34(11-7-19-62-57(60)61)47(80)67-38(23-31-13-15-32(16-14-31)98-100(94,95)96)51(84)70-41(27-97-99(91,92)93)53(86)69-40(26-74)52(85)68-39(24-44(77)78)55(88)72-20-8-12-42(72)54(87)71-45(29(3)75)56(89)90/h4-6,9-10,13-16,28-29,33-42,45,57,62,73-75,91-96H,7-8,11-12,17-27,58,60-61H2,1-3H3,(H11-2,59,63,64,65,66,67,68,69,70,71,76,77,78,79,80,81,82,83,84,85,86,87,89,90)/p+3/t29-,33+,34+,35+,36+,37+,38+,39+,40+,41+,42+,45+/m1/s1. The number of rotatable bonds is 44. The zero-order valence-corrected chi connectivity index (χ0v) is 56.5. The maximum atomic E-state index is 14.8. The Balaban J connectivity index is 2.08. The van der Waals surface area contributed by atoms with Gasteiger partial charge in [-0.25, -0.2) is 4.79 Å². The first-order valence-electron chi connectivity index (χ1n) is 31.1. The van der Waals surface area contributed by atoms with Crippen LogP contribution in [0.2, 0.25) is 0 Å². The van der Waals surface area contributed by atoms with Crippen molar-refractivity contribution in [2.75, 3.05) is 32.9 Å². The van der Waals surface area contributed by atoms with E-state index in [-0.39, 0.29) is 68.8 Å². The summed E-state index contributed by atoms with van der Waals surface area (Å²) in [6.45, 7) is 0.733. The number of carbonyl (C=O) groups excluding carboxylic acids is 11. The molecule has 0 spiro atoms. The molecule has 0 aliphatic carbocycles. The molecule has 1 aliphatic rings. The first kappa shape index (κ1) is 85.9. The SMILES string of the molecule is CC(C)C[C@H](NC(=O)[C@H](Cc1ccccc1)NC(=O)[C@@H]([NH3+])CO)C(=O)N[C@@H](CCC(N)=O)C(=O)N[C@@H](CCCNC(N)N)C(=O)N[C@@H](Cc1ccc(O[P+](O)(O)O)cc1)C(=O)N[C@@H](CO[P+](O)(O)O)C(=O)N[C@@H](CO)C(=O)N[C@@H](CC(=O)O)C(=O)N1CCC[C@H]1C(=O)N[C@H](C(=O)O)[C@@H](C)O. The Morgan fingerprint density at radius 1 is 0.600 bits per heavy atom. The van der Waals surface area contributed by atoms with Crippen molar-refractivity contribution in [3.8, 4) is 5.75 Å². The third kappa shape index (κ3) is 31.0. The Hall–Kier alpha value is -8.35. The van der Waals surface area contributed by atoms with E-state index in [4.69, 9.17) is 21.7 Å². The summed E-state index contributed by atoms with van der Waals surface area (Å²) in [5.41, 5.74) is 21.0. The van der Waals surface area contributed by atoms with Gasteiger partial charge in [-0.2, -0.15) is 33.9 Å². The van der Waals surface area contributed by atoms with Gasteiger partial charge in [0.1, 0.15) is 73.9 Å². The second-order valence-electron chi connectivity index (χ2n) is 23.6. The zero-order valence-electron chi connectivity index (χ0n) is 54.7. The molecule has 0 unspecified atom stereocenters. The molecule has 558 valence electrons. The maximum Gasteiger partial charge on any atom is 0.613 e. The fourth-order valence-electron chi connectivity index (χ4n) is 9.78. The largest absolute Gasteiger partial charge is 0.613 e. The summed E-state index contributed by atoms with van der Waals surface area (Å²) in [5, 5.41) is 72.6. The van der Waals surface area contributed by atoms with Gasteiger partial charge in [-0.1, -0.05) is 56.3 Å². The van der Waals surface area contributed by atoms with Gasteiger partial charge in [0.05, 0.1) is 19.1 Å². The van der Waals surface area contributed by atoms with Crippen molar-refractivity contribution in [3.05, 3.63) is 65.7 Å². The van der Waals surface area contributed by atoms with E-state index < -0.39 is 218 Å². The lowest BCUT2D eigenvalue weighted by Gasteiger charge is -2.30. The summed E-state index contributed by atoms with van der Waals surface area (Å²) < 4.78 is 9.36. The van der Waals surface area contributed by atoms with E-state index in [9.17, 15) is 117 Å². The lowest BCUT2D eigenvalue weighted by molar-refractivity contribution is -0.409. The van der Waals surface area contributed by atoms with Crippen LogP contribution in [-0.2, 0) is 79.7 Å². The lowest BCUT2D eigenvalue weighted by atomic mass is 10.00. The number of primary amides is 1. The van der Waals surface area contributed by atoms with Crippen molar-refractivity contribution in [1.29, 1.82) is 0 Å². The van der Waals surface area contributed by atoms with Gasteiger partial charge in [0, 0.05) is 25.8 Å². The minimum Gasteiger partial charge on any atom is -0.481 e. The van der Waals surface area contributed by atoms with Crippen LogP contribution in [0.1, 0.15) is 83.3 Å². The molecule has 1 saturated heterocycles. The first-order chi connectivity index (χ1) is 46.7. The number of amides is 11. The molecule has 1 heterocycles. The van der Waals surface area contributed by atoms with E-state index in [2.05, 4.69) is 52.8 Å². The van der Waals surface area contributed by atoms with E-state index in [0.29, 0.717) is 5.56 Å². The highest BCUT2D eigenvalue weighted by Crippen LogP contribution is 2.46. The number of likely N-dealkylation sites (tertiary alicyclic amines) is 1. The van der Waals surface area contributed by atoms with E-state index >= 15 is 0 Å². The van der Waals surface area contributed by atoms with Gasteiger partial charge in [0.25, 0.3) is 5.91 Å². The van der Waals surface area contributed by atoms with E-state index in [1.807, 2.05) is 10.6 Å². The van der Waals surface area contributed by atoms with Crippen LogP contribution < -0.4 is 80.6 Å². The molecule has 12 atom stereocenters. The summed E-state index contributed by atoms with van der Waals surface area (Å²) in [7, 11) is -10.2. The third-order valence-corrected chi connectivity index (χ3v) is 15.8. The quantitative estimate of drug-likeness (QED) is 0.0166. The molecular formula is C57H92N15O26P2+3. The number of carboxylic acids is 2. The van der Waals surface area contributed by atoms with Gasteiger partial charge in [-0.15, -0.1) is 0 Å². The molecule has 0 saturated carbocycles. The van der Waals surface area contributed by atoms with E-state index in [1.165, 1.54) is 12.1 Å². The molecule has 30 N–H and O–H groups in total. The molecule has 1 fully saturated rings. The van der Waals surface area contributed by atoms with Crippen LogP contribution in [0.15, 0.2) is 54.6 Å². The smallest absolute Gasteiger partial charge is 0.481 e. The summed E-state index contributed by atoms with van der Waals surface area (Å²) >= 11 is 0. The van der Waals surface area contributed by atoms with E-state index in [1.54, 1.807) is 44.2 Å². The number of aliphatic hydroxyl groups excluding tert-OH is 3. The summed E-state index contributed by atoms with van der Waals surface area (Å²) in [6, 6.07) is -6.44. The third-order valence-electron chi connectivity index (χ3n) is 14.8. The molecule has 100 heavy (non-hydrogen) atoms. The molecular weight excluding hydrogens is 1370 g/mol. The number of aliphatic carboxylic acids is 2. The van der Waals surface area contributed by atoms with Crippen molar-refractivity contribution in [3.63, 3.8) is 0 Å². The van der Waals surface area contributed by atoms with Crippen molar-refractivity contribution < 1.29 is 132 Å². The molecule has 2 aromatic carbocycles. The van der Waals surface area contributed by atoms with E-state index in [0.717, 1.165) is 24.0 Å². The molecule has 0 radical (unpaired) electrons. The average molecular weight is 1470 g/mol. The summed E-state index contributed by atoms with van der Waals surface area (Å²) in [6.07, 6.45) is -6.24. The predicted octanol–water partition coefficient (Wildman–Crippen LogP) is -10.1. The number of quaternary nitrogens is 1. The predicted molar refractivity (Wildman–Crippen MR) is 346 cm³/mol. The Bertz CT molecular complexity index is 3110. The lowest BCUT2D eigenvalue weighted by Crippen LogP contribution is -2.70. The number of benzene rings is 2. The van der Waals surface area contributed by atoms with Crippen LogP contribution in [0.25, 0.3) is 0 Å². The monoisotopic (exact) mass is 1460 g/mol. The number of nitrogens with zero attached hydrogens (tertiary/aromatic N) is 1. The van der Waals surface area contributed by atoms with Gasteiger partial charge < -0.3 is 101 Å². The molecule has 2 aromatic rings. The number of carboxylic acid groups (broad SMARTS) is 2. The highest BCUT2D eigenvalue weighted by atomic mass is 31.2. The number of nitrogens with one attached hydrogen (secondary N) is 10. The van der Waals surface area contributed by atoms with Gasteiger partial charge in [-0.3, -0.25) is 67.4 Å². The Labute approximate surface area is 572 Å². The fraction of sp³-hybridized carbons (Fsp3) is 0.561. The fourth-order valence-corrected chi connectivity index (χ4v) is 10.5. The average Bonchev–Trinajstić information content (AvgIpc) is 1.58. The van der Waals surface area contributed by atoms with Crippen molar-refractivity contribution >= 4 is 93.3 Å². The first-order valence-corrected chi connectivity index (χ1v) is 34.2. The van der Waals surface area contributed by atoms with Gasteiger partial charge in [0.2, 0.25) is 59.1 Å². The molecule has 3 rings (SSSR count). The summed E-state index contributed by atoms with van der Waals surface area (Å²) in [4.78, 5) is 235. The van der Waals surface area contributed by atoms with Crippen LogP contribution in [0.4, 0.5) is 0 Å². The number of carbonyl (C=O) groups is 13. The van der Waals surface area contributed by atoms with Gasteiger partial charge >= 0.3 is 28.3 Å². The summed E-state index contributed by atoms with van der Waals surface area (Å²) in [5.74, 6) is -16.8. The molecule has 43 heteroatoms. The Morgan fingerprint density at radius 3 is 1.58 bits per heavy atom. The molecule has 1 aliphatic heterocycles. The van der Waals surface area contributed by atoms with Crippen molar-refractivity contribution in [1.82, 2.24) is 58.1 Å². The van der Waals surface area contributed by atoms with Gasteiger partial charge in [0.15, 0.2) is 17.8 Å². The zero-order chi connectivity index (χ0) is 75.4. The number of hydrogen-bond donors (Lipinski definition) is 25. The maximum absolute atomic E-state index is 14.8. The van der Waals surface area contributed by atoms with Crippen LogP contribution in [-0.4, -0.2) is 248 Å². The van der Waals surface area contributed by atoms with Crippen LogP contribution in [0.3, 0.4) is 0 Å². The Morgan fingerprint density at radius 2 is 1.08 bits per heavy atom. The van der Waals surface area contributed by atoms with Gasteiger partial charge in [-0.05, 0) is 81.2 Å².